The summed E-state index contributed by atoms with van der Waals surface area (Å²) in [6.07, 6.45) is -0.892. The fraction of sp³-hybridized carbons (Fsp3) is 0.417. The van der Waals surface area contributed by atoms with Crippen LogP contribution in [0.15, 0.2) is 73.3 Å². The normalized spacial score (nSPS) is 36.7. The molecule has 6 nitrogen and oxygen atoms in total. The van der Waals surface area contributed by atoms with Gasteiger partial charge in [-0.3, -0.25) is 0 Å². The van der Waals surface area contributed by atoms with Gasteiger partial charge in [0.2, 0.25) is 0 Å². The van der Waals surface area contributed by atoms with Gasteiger partial charge in [-0.05, 0) is 5.56 Å². The van der Waals surface area contributed by atoms with E-state index in [2.05, 4.69) is 6.58 Å². The molecule has 0 aliphatic carbocycles. The molecule has 7 atom stereocenters. The second-order valence-corrected chi connectivity index (χ2v) is 8.21. The minimum atomic E-state index is -0.959. The van der Waals surface area contributed by atoms with Gasteiger partial charge in [0.1, 0.15) is 18.3 Å². The zero-order valence-corrected chi connectivity index (χ0v) is 17.7. The van der Waals surface area contributed by atoms with E-state index >= 15 is 0 Å². The van der Waals surface area contributed by atoms with Gasteiger partial charge in [-0.15, -0.1) is 6.58 Å². The highest BCUT2D eigenvalue weighted by Gasteiger charge is 2.74. The number of halogens is 1. The van der Waals surface area contributed by atoms with Crippen LogP contribution in [0.25, 0.3) is 0 Å². The maximum atomic E-state index is 6.48. The van der Waals surface area contributed by atoms with Gasteiger partial charge in [0.05, 0.1) is 19.8 Å². The highest BCUT2D eigenvalue weighted by molar-refractivity contribution is 6.22. The first kappa shape index (κ1) is 21.1. The SMILES string of the molecule is C=CCOC1OC2COC(c3ccccc3)OC2C(OCc2ccccc2)C12OC2Cl. The highest BCUT2D eigenvalue weighted by atomic mass is 35.5. The zero-order chi connectivity index (χ0) is 21.3. The lowest BCUT2D eigenvalue weighted by Crippen LogP contribution is -2.65. The zero-order valence-electron chi connectivity index (χ0n) is 17.0. The third-order valence-electron chi connectivity index (χ3n) is 5.78. The van der Waals surface area contributed by atoms with Gasteiger partial charge >= 0.3 is 0 Å². The van der Waals surface area contributed by atoms with Gasteiger partial charge in [-0.1, -0.05) is 78.3 Å². The van der Waals surface area contributed by atoms with Crippen molar-refractivity contribution in [3.05, 3.63) is 84.4 Å². The lowest BCUT2D eigenvalue weighted by molar-refractivity contribution is -0.360. The van der Waals surface area contributed by atoms with E-state index in [-0.39, 0.29) is 6.10 Å². The molecule has 0 bridgehead atoms. The first-order valence-electron chi connectivity index (χ1n) is 10.4. The van der Waals surface area contributed by atoms with Crippen LogP contribution in [-0.4, -0.2) is 49.0 Å². The molecule has 5 rings (SSSR count). The Bertz CT molecular complexity index is 880. The van der Waals surface area contributed by atoms with E-state index in [1.165, 1.54) is 0 Å². The summed E-state index contributed by atoms with van der Waals surface area (Å²) in [5.41, 5.74) is 0.411. The number of rotatable bonds is 7. The number of epoxide rings is 1. The molecule has 0 saturated carbocycles. The van der Waals surface area contributed by atoms with E-state index < -0.39 is 36.0 Å². The summed E-state index contributed by atoms with van der Waals surface area (Å²) in [7, 11) is 0. The van der Waals surface area contributed by atoms with Gasteiger partial charge in [0.25, 0.3) is 0 Å². The van der Waals surface area contributed by atoms with E-state index in [1.54, 1.807) is 6.08 Å². The lowest BCUT2D eigenvalue weighted by Gasteiger charge is -2.48. The fourth-order valence-corrected chi connectivity index (χ4v) is 4.57. The maximum Gasteiger partial charge on any atom is 0.194 e. The van der Waals surface area contributed by atoms with E-state index in [4.69, 9.17) is 40.0 Å². The van der Waals surface area contributed by atoms with Crippen molar-refractivity contribution < 1.29 is 28.4 Å². The first-order valence-corrected chi connectivity index (χ1v) is 10.8. The second-order valence-electron chi connectivity index (χ2n) is 7.81. The van der Waals surface area contributed by atoms with E-state index in [0.717, 1.165) is 11.1 Å². The van der Waals surface area contributed by atoms with Crippen molar-refractivity contribution in [1.29, 1.82) is 0 Å². The number of hydrogen-bond acceptors (Lipinski definition) is 6. The van der Waals surface area contributed by atoms with Crippen LogP contribution < -0.4 is 0 Å². The predicted octanol–water partition coefficient (Wildman–Crippen LogP) is 3.95. The number of alkyl halides is 1. The third-order valence-corrected chi connectivity index (χ3v) is 6.21. The quantitative estimate of drug-likeness (QED) is 0.366. The number of hydrogen-bond donors (Lipinski definition) is 0. The molecule has 3 heterocycles. The van der Waals surface area contributed by atoms with Crippen LogP contribution in [0.4, 0.5) is 0 Å². The first-order chi connectivity index (χ1) is 15.2. The van der Waals surface area contributed by atoms with Crippen molar-refractivity contribution in [3.8, 4) is 0 Å². The smallest absolute Gasteiger partial charge is 0.194 e. The molecule has 1 spiro atoms. The molecular formula is C24H25ClO6. The van der Waals surface area contributed by atoms with Crippen LogP contribution in [0.1, 0.15) is 17.4 Å². The molecule has 3 fully saturated rings. The van der Waals surface area contributed by atoms with Crippen molar-refractivity contribution >= 4 is 11.6 Å². The Kier molecular flexibility index (Phi) is 6.12. The highest BCUT2D eigenvalue weighted by Crippen LogP contribution is 2.54. The van der Waals surface area contributed by atoms with Crippen LogP contribution in [0.5, 0.6) is 0 Å². The largest absolute Gasteiger partial charge is 0.367 e. The molecule has 0 amide bonds. The molecule has 2 aromatic carbocycles. The minimum Gasteiger partial charge on any atom is -0.367 e. The Labute approximate surface area is 186 Å². The number of ether oxygens (including phenoxy) is 6. The Morgan fingerprint density at radius 3 is 2.42 bits per heavy atom. The molecule has 7 unspecified atom stereocenters. The molecule has 31 heavy (non-hydrogen) atoms. The third kappa shape index (κ3) is 4.05. The van der Waals surface area contributed by atoms with Crippen molar-refractivity contribution in [2.75, 3.05) is 13.2 Å². The standard InChI is InChI=1S/C24H25ClO6/c1-2-13-26-23-24(22(25)31-24)20(27-14-16-9-5-3-6-10-16)19-18(29-23)15-28-21(30-19)17-11-7-4-8-12-17/h2-12,18-23H,1,13-15H2. The summed E-state index contributed by atoms with van der Waals surface area (Å²) in [5.74, 6) is 0. The molecule has 0 aromatic heterocycles. The number of fused-ring (bicyclic) bond motifs is 1. The summed E-state index contributed by atoms with van der Waals surface area (Å²) in [5, 5.41) is 0. The molecule has 3 saturated heterocycles. The molecule has 0 N–H and O–H groups in total. The molecule has 3 aliphatic rings. The van der Waals surface area contributed by atoms with Crippen molar-refractivity contribution in [2.24, 2.45) is 0 Å². The molecule has 164 valence electrons. The average Bonchev–Trinajstić information content (AvgIpc) is 3.48. The minimum absolute atomic E-state index is 0.302. The molecular weight excluding hydrogens is 420 g/mol. The van der Waals surface area contributed by atoms with E-state index in [9.17, 15) is 0 Å². The Morgan fingerprint density at radius 2 is 1.74 bits per heavy atom. The van der Waals surface area contributed by atoms with E-state index in [0.29, 0.717) is 19.8 Å². The summed E-state index contributed by atoms with van der Waals surface area (Å²) in [6.45, 7) is 4.75. The van der Waals surface area contributed by atoms with Gasteiger partial charge < -0.3 is 28.4 Å². The van der Waals surface area contributed by atoms with Gasteiger partial charge in [0.15, 0.2) is 23.7 Å². The lowest BCUT2D eigenvalue weighted by atomic mass is 9.90. The van der Waals surface area contributed by atoms with Crippen molar-refractivity contribution in [1.82, 2.24) is 0 Å². The summed E-state index contributed by atoms with van der Waals surface area (Å²) < 4.78 is 36.7. The monoisotopic (exact) mass is 444 g/mol. The van der Waals surface area contributed by atoms with Gasteiger partial charge in [-0.25, -0.2) is 0 Å². The predicted molar refractivity (Wildman–Crippen MR) is 113 cm³/mol. The molecule has 7 heteroatoms. The summed E-state index contributed by atoms with van der Waals surface area (Å²) in [4.78, 5) is 0. The van der Waals surface area contributed by atoms with E-state index in [1.807, 2.05) is 60.7 Å². The van der Waals surface area contributed by atoms with Gasteiger partial charge in [0, 0.05) is 5.56 Å². The Balaban J connectivity index is 1.41. The number of benzene rings is 2. The summed E-state index contributed by atoms with van der Waals surface area (Å²) >= 11 is 6.48. The molecule has 0 radical (unpaired) electrons. The fourth-order valence-electron chi connectivity index (χ4n) is 4.18. The van der Waals surface area contributed by atoms with Crippen molar-refractivity contribution in [3.63, 3.8) is 0 Å². The van der Waals surface area contributed by atoms with Gasteiger partial charge in [-0.2, -0.15) is 0 Å². The summed E-state index contributed by atoms with van der Waals surface area (Å²) in [6, 6.07) is 19.8. The average molecular weight is 445 g/mol. The van der Waals surface area contributed by atoms with Crippen LogP contribution >= 0.6 is 11.6 Å². The maximum absolute atomic E-state index is 6.48. The molecule has 2 aromatic rings. The van der Waals surface area contributed by atoms with Crippen LogP contribution in [0, 0.1) is 0 Å². The van der Waals surface area contributed by atoms with Crippen molar-refractivity contribution in [2.45, 2.75) is 48.7 Å². The Hall–Kier alpha value is -1.77. The second kappa shape index (κ2) is 9.00. The van der Waals surface area contributed by atoms with Crippen LogP contribution in [0.2, 0.25) is 0 Å². The topological polar surface area (TPSA) is 58.7 Å². The van der Waals surface area contributed by atoms with Crippen LogP contribution in [0.3, 0.4) is 0 Å². The van der Waals surface area contributed by atoms with Crippen LogP contribution in [-0.2, 0) is 35.0 Å². The molecule has 3 aliphatic heterocycles. The Morgan fingerprint density at radius 1 is 1.03 bits per heavy atom.